The minimum absolute atomic E-state index is 0.0658. The molecule has 0 radical (unpaired) electrons. The molecule has 1 aliphatic heterocycles. The van der Waals surface area contributed by atoms with Gasteiger partial charge in [-0.25, -0.2) is 8.42 Å². The van der Waals surface area contributed by atoms with E-state index in [1.54, 1.807) is 0 Å². The van der Waals surface area contributed by atoms with E-state index in [2.05, 4.69) is 0 Å². The summed E-state index contributed by atoms with van der Waals surface area (Å²) in [5.41, 5.74) is -0.257. The van der Waals surface area contributed by atoms with E-state index in [1.165, 1.54) is 0 Å². The van der Waals surface area contributed by atoms with Crippen molar-refractivity contribution >= 4 is 15.8 Å². The molecule has 1 fully saturated rings. The smallest absolute Gasteiger partial charge is 0.304 e. The molecule has 1 unspecified atom stereocenters. The third kappa shape index (κ3) is 4.49. The standard InChI is InChI=1S/C10H18O5S/c1-10(2)5-3-8(15-10)7-16(13,14)6-4-9(11)12/h8H,3-7H2,1-2H3,(H,11,12). The van der Waals surface area contributed by atoms with Crippen molar-refractivity contribution < 1.29 is 23.1 Å². The highest BCUT2D eigenvalue weighted by atomic mass is 32.2. The maximum atomic E-state index is 11.6. The first-order valence-electron chi connectivity index (χ1n) is 5.30. The lowest BCUT2D eigenvalue weighted by molar-refractivity contribution is -0.136. The SMILES string of the molecule is CC1(C)CCC(CS(=O)(=O)CCC(=O)O)O1. The Morgan fingerprint density at radius 3 is 2.56 bits per heavy atom. The number of hydrogen-bond acceptors (Lipinski definition) is 4. The van der Waals surface area contributed by atoms with Crippen molar-refractivity contribution in [2.24, 2.45) is 0 Å². The molecule has 1 atom stereocenters. The molecule has 0 aromatic rings. The van der Waals surface area contributed by atoms with Crippen LogP contribution in [-0.4, -0.2) is 42.7 Å². The second kappa shape index (κ2) is 4.71. The van der Waals surface area contributed by atoms with Crippen LogP contribution in [0, 0.1) is 0 Å². The first kappa shape index (κ1) is 13.4. The first-order valence-corrected chi connectivity index (χ1v) is 7.12. The zero-order chi connectivity index (χ0) is 12.4. The minimum Gasteiger partial charge on any atom is -0.481 e. The summed E-state index contributed by atoms with van der Waals surface area (Å²) in [5, 5.41) is 8.43. The summed E-state index contributed by atoms with van der Waals surface area (Å²) >= 11 is 0. The minimum atomic E-state index is -3.32. The Balaban J connectivity index is 2.45. The van der Waals surface area contributed by atoms with Gasteiger partial charge in [0.2, 0.25) is 0 Å². The fourth-order valence-corrected chi connectivity index (χ4v) is 3.26. The van der Waals surface area contributed by atoms with Gasteiger partial charge in [0.25, 0.3) is 0 Å². The molecule has 5 nitrogen and oxygen atoms in total. The van der Waals surface area contributed by atoms with E-state index in [4.69, 9.17) is 9.84 Å². The van der Waals surface area contributed by atoms with Gasteiger partial charge in [-0.1, -0.05) is 0 Å². The lowest BCUT2D eigenvalue weighted by Crippen LogP contribution is -2.27. The second-order valence-electron chi connectivity index (χ2n) is 4.80. The molecule has 16 heavy (non-hydrogen) atoms. The highest BCUT2D eigenvalue weighted by Gasteiger charge is 2.34. The van der Waals surface area contributed by atoms with Gasteiger partial charge in [-0.15, -0.1) is 0 Å². The monoisotopic (exact) mass is 250 g/mol. The number of ether oxygens (including phenoxy) is 1. The number of carboxylic acid groups (broad SMARTS) is 1. The van der Waals surface area contributed by atoms with Crippen LogP contribution in [-0.2, 0) is 19.4 Å². The van der Waals surface area contributed by atoms with Gasteiger partial charge in [-0.3, -0.25) is 4.79 Å². The van der Waals surface area contributed by atoms with E-state index in [9.17, 15) is 13.2 Å². The summed E-state index contributed by atoms with van der Waals surface area (Å²) in [4.78, 5) is 10.3. The summed E-state index contributed by atoms with van der Waals surface area (Å²) in [6.45, 7) is 3.85. The van der Waals surface area contributed by atoms with Gasteiger partial charge in [0.15, 0.2) is 9.84 Å². The molecule has 0 aliphatic carbocycles. The molecule has 0 bridgehead atoms. The summed E-state index contributed by atoms with van der Waals surface area (Å²) in [5.74, 6) is -1.46. The molecule has 0 aromatic heterocycles. The second-order valence-corrected chi connectivity index (χ2v) is 7.03. The van der Waals surface area contributed by atoms with Crippen molar-refractivity contribution in [2.45, 2.75) is 44.8 Å². The van der Waals surface area contributed by atoms with Crippen LogP contribution in [0.1, 0.15) is 33.1 Å². The van der Waals surface area contributed by atoms with Crippen LogP contribution in [0.25, 0.3) is 0 Å². The van der Waals surface area contributed by atoms with Gasteiger partial charge >= 0.3 is 5.97 Å². The van der Waals surface area contributed by atoms with E-state index in [-0.39, 0.29) is 29.6 Å². The molecule has 1 N–H and O–H groups in total. The molecule has 1 rings (SSSR count). The predicted octanol–water partition coefficient (Wildman–Crippen LogP) is 0.834. The molecule has 0 spiro atoms. The van der Waals surface area contributed by atoms with Gasteiger partial charge in [0, 0.05) is 0 Å². The van der Waals surface area contributed by atoms with Crippen molar-refractivity contribution in [3.05, 3.63) is 0 Å². The number of sulfone groups is 1. The maximum absolute atomic E-state index is 11.6. The molecule has 0 saturated carbocycles. The van der Waals surface area contributed by atoms with E-state index in [0.717, 1.165) is 12.8 Å². The Hall–Kier alpha value is -0.620. The molecule has 1 saturated heterocycles. The van der Waals surface area contributed by atoms with E-state index in [0.29, 0.717) is 0 Å². The van der Waals surface area contributed by atoms with E-state index < -0.39 is 15.8 Å². The molecule has 1 heterocycles. The molecule has 0 aromatic carbocycles. The van der Waals surface area contributed by atoms with Crippen LogP contribution < -0.4 is 0 Å². The van der Waals surface area contributed by atoms with Crippen molar-refractivity contribution in [1.82, 2.24) is 0 Å². The number of carboxylic acids is 1. The Kier molecular flexibility index (Phi) is 3.96. The van der Waals surface area contributed by atoms with Gasteiger partial charge in [0.05, 0.1) is 29.6 Å². The zero-order valence-electron chi connectivity index (χ0n) is 9.60. The Labute approximate surface area is 95.7 Å². The lowest BCUT2D eigenvalue weighted by atomic mass is 10.1. The average molecular weight is 250 g/mol. The summed E-state index contributed by atoms with van der Waals surface area (Å²) in [6.07, 6.45) is 0.943. The van der Waals surface area contributed by atoms with Gasteiger partial charge < -0.3 is 9.84 Å². The third-order valence-corrected chi connectivity index (χ3v) is 4.33. The molecular formula is C10H18O5S. The Bertz CT molecular complexity index is 357. The summed E-state index contributed by atoms with van der Waals surface area (Å²) in [6, 6.07) is 0. The topological polar surface area (TPSA) is 80.7 Å². The molecule has 0 amide bonds. The normalized spacial score (nSPS) is 24.5. The largest absolute Gasteiger partial charge is 0.481 e. The zero-order valence-corrected chi connectivity index (χ0v) is 10.4. The van der Waals surface area contributed by atoms with Crippen molar-refractivity contribution in [1.29, 1.82) is 0 Å². The van der Waals surface area contributed by atoms with Crippen molar-refractivity contribution in [3.8, 4) is 0 Å². The first-order chi connectivity index (χ1) is 7.20. The summed E-state index contributed by atoms with van der Waals surface area (Å²) in [7, 11) is -3.32. The quantitative estimate of drug-likeness (QED) is 0.781. The molecule has 6 heteroatoms. The number of carbonyl (C=O) groups is 1. The van der Waals surface area contributed by atoms with Crippen LogP contribution in [0.2, 0.25) is 0 Å². The fourth-order valence-electron chi connectivity index (χ4n) is 1.80. The van der Waals surface area contributed by atoms with Crippen molar-refractivity contribution in [3.63, 3.8) is 0 Å². The fraction of sp³-hybridized carbons (Fsp3) is 0.900. The molecular weight excluding hydrogens is 232 g/mol. The number of rotatable bonds is 5. The van der Waals surface area contributed by atoms with Crippen LogP contribution in [0.4, 0.5) is 0 Å². The van der Waals surface area contributed by atoms with Crippen LogP contribution >= 0.6 is 0 Å². The van der Waals surface area contributed by atoms with Crippen molar-refractivity contribution in [2.75, 3.05) is 11.5 Å². The molecule has 94 valence electrons. The third-order valence-electron chi connectivity index (χ3n) is 2.62. The average Bonchev–Trinajstić information content (AvgIpc) is 2.41. The number of hydrogen-bond donors (Lipinski definition) is 1. The lowest BCUT2D eigenvalue weighted by Gasteiger charge is -2.19. The maximum Gasteiger partial charge on any atom is 0.304 e. The van der Waals surface area contributed by atoms with E-state index >= 15 is 0 Å². The van der Waals surface area contributed by atoms with Crippen LogP contribution in [0.3, 0.4) is 0 Å². The van der Waals surface area contributed by atoms with Crippen LogP contribution in [0.15, 0.2) is 0 Å². The Morgan fingerprint density at radius 2 is 2.12 bits per heavy atom. The van der Waals surface area contributed by atoms with Gasteiger partial charge in [-0.05, 0) is 26.7 Å². The number of aliphatic carboxylic acids is 1. The highest BCUT2D eigenvalue weighted by molar-refractivity contribution is 7.91. The highest BCUT2D eigenvalue weighted by Crippen LogP contribution is 2.30. The van der Waals surface area contributed by atoms with Gasteiger partial charge in [-0.2, -0.15) is 0 Å². The predicted molar refractivity (Wildman–Crippen MR) is 59.1 cm³/mol. The molecule has 1 aliphatic rings. The Morgan fingerprint density at radius 1 is 1.50 bits per heavy atom. The van der Waals surface area contributed by atoms with E-state index in [1.807, 2.05) is 13.8 Å². The van der Waals surface area contributed by atoms with Crippen LogP contribution in [0.5, 0.6) is 0 Å². The summed E-state index contributed by atoms with van der Waals surface area (Å²) < 4.78 is 28.7. The van der Waals surface area contributed by atoms with Gasteiger partial charge in [0.1, 0.15) is 0 Å².